The van der Waals surface area contributed by atoms with Gasteiger partial charge in [-0.1, -0.05) is 30.3 Å². The number of piperidine rings is 1. The number of nitrogens with zero attached hydrogens (tertiary/aromatic N) is 5. The number of hydrogen-bond donors (Lipinski definition) is 2. The van der Waals surface area contributed by atoms with Gasteiger partial charge >= 0.3 is 5.69 Å². The van der Waals surface area contributed by atoms with Crippen molar-refractivity contribution >= 4 is 17.1 Å². The van der Waals surface area contributed by atoms with Gasteiger partial charge in [0, 0.05) is 20.1 Å². The zero-order valence-electron chi connectivity index (χ0n) is 17.2. The first-order valence-corrected chi connectivity index (χ1v) is 10.4. The van der Waals surface area contributed by atoms with E-state index in [-0.39, 0.29) is 24.9 Å². The van der Waals surface area contributed by atoms with Crippen LogP contribution in [0, 0.1) is 0 Å². The number of rotatable bonds is 6. The van der Waals surface area contributed by atoms with Gasteiger partial charge in [-0.05, 0) is 31.2 Å². The molecule has 1 aliphatic heterocycles. The van der Waals surface area contributed by atoms with Crippen molar-refractivity contribution in [3.63, 3.8) is 0 Å². The molecule has 4 rings (SSSR count). The van der Waals surface area contributed by atoms with Gasteiger partial charge in [-0.2, -0.15) is 4.98 Å². The van der Waals surface area contributed by atoms with Crippen LogP contribution in [0.2, 0.25) is 0 Å². The van der Waals surface area contributed by atoms with E-state index in [0.29, 0.717) is 30.1 Å². The van der Waals surface area contributed by atoms with Crippen LogP contribution in [0.3, 0.4) is 0 Å². The van der Waals surface area contributed by atoms with Crippen LogP contribution in [0.1, 0.15) is 24.8 Å². The Bertz CT molecular complexity index is 1150. The summed E-state index contributed by atoms with van der Waals surface area (Å²) in [6.07, 6.45) is 3.43. The predicted molar refractivity (Wildman–Crippen MR) is 116 cm³/mol. The third-order valence-corrected chi connectivity index (χ3v) is 5.81. The molecule has 0 radical (unpaired) electrons. The lowest BCUT2D eigenvalue weighted by molar-refractivity contribution is 0.274. The Balaban J connectivity index is 1.91. The van der Waals surface area contributed by atoms with Crippen molar-refractivity contribution in [2.75, 3.05) is 18.1 Å². The topological polar surface area (TPSA) is 111 Å². The monoisotopic (exact) mass is 412 g/mol. The summed E-state index contributed by atoms with van der Waals surface area (Å²) in [6.45, 7) is 1.14. The first-order valence-electron chi connectivity index (χ1n) is 10.4. The van der Waals surface area contributed by atoms with E-state index in [0.717, 1.165) is 35.9 Å². The van der Waals surface area contributed by atoms with E-state index in [1.54, 1.807) is 0 Å². The molecule has 1 saturated heterocycles. The second kappa shape index (κ2) is 8.45. The predicted octanol–water partition coefficient (Wildman–Crippen LogP) is 0.407. The molecule has 2 aromatic heterocycles. The summed E-state index contributed by atoms with van der Waals surface area (Å²) in [6, 6.07) is 10.0. The lowest BCUT2D eigenvalue weighted by Gasteiger charge is -2.34. The molecule has 9 nitrogen and oxygen atoms in total. The highest BCUT2D eigenvalue weighted by Crippen LogP contribution is 2.25. The van der Waals surface area contributed by atoms with Gasteiger partial charge < -0.3 is 20.3 Å². The highest BCUT2D eigenvalue weighted by atomic mass is 16.3. The smallest absolute Gasteiger partial charge is 0.332 e. The van der Waals surface area contributed by atoms with Crippen LogP contribution < -0.4 is 21.9 Å². The maximum atomic E-state index is 13.1. The fourth-order valence-electron chi connectivity index (χ4n) is 4.17. The Hall–Kier alpha value is -2.91. The van der Waals surface area contributed by atoms with Crippen LogP contribution >= 0.6 is 0 Å². The standard InChI is InChI=1S/C21H28N6O3/c1-24-19(29)17-18(27(13-14-28)21(24)30)23-20(25-11-6-5-9-16(25)22)26(17)12-10-15-7-3-2-4-8-15/h2-4,7-8,16,28H,5-6,9-14,22H2,1H3. The van der Waals surface area contributed by atoms with Crippen molar-refractivity contribution in [1.29, 1.82) is 0 Å². The molecule has 30 heavy (non-hydrogen) atoms. The molecule has 0 saturated carbocycles. The van der Waals surface area contributed by atoms with Crippen molar-refractivity contribution in [2.45, 2.75) is 44.9 Å². The summed E-state index contributed by atoms with van der Waals surface area (Å²) < 4.78 is 4.34. The average molecular weight is 412 g/mol. The Morgan fingerprint density at radius 2 is 1.90 bits per heavy atom. The number of imidazole rings is 1. The molecule has 1 fully saturated rings. The van der Waals surface area contributed by atoms with Gasteiger partial charge in [0.2, 0.25) is 5.95 Å². The van der Waals surface area contributed by atoms with E-state index >= 15 is 0 Å². The van der Waals surface area contributed by atoms with Crippen molar-refractivity contribution in [3.05, 3.63) is 56.7 Å². The summed E-state index contributed by atoms with van der Waals surface area (Å²) >= 11 is 0. The van der Waals surface area contributed by atoms with Gasteiger partial charge in [0.05, 0.1) is 19.3 Å². The van der Waals surface area contributed by atoms with Crippen molar-refractivity contribution in [2.24, 2.45) is 12.8 Å². The number of aromatic nitrogens is 4. The van der Waals surface area contributed by atoms with Crippen molar-refractivity contribution < 1.29 is 5.11 Å². The van der Waals surface area contributed by atoms with E-state index in [1.807, 2.05) is 39.8 Å². The van der Waals surface area contributed by atoms with Gasteiger partial charge in [-0.3, -0.25) is 13.9 Å². The van der Waals surface area contributed by atoms with Gasteiger partial charge in [-0.25, -0.2) is 4.79 Å². The summed E-state index contributed by atoms with van der Waals surface area (Å²) in [4.78, 5) is 32.5. The van der Waals surface area contributed by atoms with Gasteiger partial charge in [0.25, 0.3) is 5.56 Å². The highest BCUT2D eigenvalue weighted by molar-refractivity contribution is 5.74. The summed E-state index contributed by atoms with van der Waals surface area (Å²) in [5.41, 5.74) is 7.33. The van der Waals surface area contributed by atoms with Crippen LogP contribution in [0.5, 0.6) is 0 Å². The van der Waals surface area contributed by atoms with Crippen LogP contribution in [-0.2, 0) is 26.6 Å². The van der Waals surface area contributed by atoms with E-state index in [4.69, 9.17) is 10.7 Å². The number of benzene rings is 1. The number of aliphatic hydroxyl groups is 1. The minimum atomic E-state index is -0.483. The molecular weight excluding hydrogens is 384 g/mol. The highest BCUT2D eigenvalue weighted by Gasteiger charge is 2.27. The summed E-state index contributed by atoms with van der Waals surface area (Å²) in [5, 5.41) is 9.47. The molecule has 1 unspecified atom stereocenters. The quantitative estimate of drug-likeness (QED) is 0.607. The maximum absolute atomic E-state index is 13.1. The van der Waals surface area contributed by atoms with Crippen LogP contribution in [0.4, 0.5) is 5.95 Å². The fourth-order valence-corrected chi connectivity index (χ4v) is 4.17. The van der Waals surface area contributed by atoms with E-state index in [2.05, 4.69) is 0 Å². The van der Waals surface area contributed by atoms with Gasteiger partial charge in [0.1, 0.15) is 0 Å². The number of aliphatic hydroxyl groups excluding tert-OH is 1. The Morgan fingerprint density at radius 1 is 1.13 bits per heavy atom. The number of fused-ring (bicyclic) bond motifs is 1. The Morgan fingerprint density at radius 3 is 2.60 bits per heavy atom. The third-order valence-electron chi connectivity index (χ3n) is 5.81. The Labute approximate surface area is 174 Å². The second-order valence-corrected chi connectivity index (χ2v) is 7.75. The molecule has 0 amide bonds. The minimum absolute atomic E-state index is 0.0741. The first-order chi connectivity index (χ1) is 14.5. The number of aryl methyl sites for hydroxylation is 2. The lowest BCUT2D eigenvalue weighted by atomic mass is 10.1. The summed E-state index contributed by atoms with van der Waals surface area (Å²) in [7, 11) is 1.46. The summed E-state index contributed by atoms with van der Waals surface area (Å²) in [5.74, 6) is 0.613. The number of nitrogens with two attached hydrogens (primary N) is 1. The normalized spacial score (nSPS) is 17.0. The zero-order valence-corrected chi connectivity index (χ0v) is 17.2. The molecule has 3 heterocycles. The molecule has 1 aliphatic rings. The molecule has 1 aromatic carbocycles. The largest absolute Gasteiger partial charge is 0.395 e. The maximum Gasteiger partial charge on any atom is 0.332 e. The van der Waals surface area contributed by atoms with Gasteiger partial charge in [0.15, 0.2) is 11.2 Å². The van der Waals surface area contributed by atoms with E-state index in [1.165, 1.54) is 11.6 Å². The SMILES string of the molecule is Cn1c(=O)c2c(nc(N3CCCCC3N)n2CCc2ccccc2)n(CCO)c1=O. The molecular formula is C21H28N6O3. The second-order valence-electron chi connectivity index (χ2n) is 7.75. The van der Waals surface area contributed by atoms with Crippen LogP contribution in [0.25, 0.3) is 11.2 Å². The molecule has 160 valence electrons. The fraction of sp³-hybridized carbons (Fsp3) is 0.476. The van der Waals surface area contributed by atoms with Crippen molar-refractivity contribution in [1.82, 2.24) is 18.7 Å². The molecule has 0 aliphatic carbocycles. The molecule has 0 spiro atoms. The minimum Gasteiger partial charge on any atom is -0.395 e. The molecule has 3 aromatic rings. The number of hydrogen-bond acceptors (Lipinski definition) is 6. The average Bonchev–Trinajstić information content (AvgIpc) is 3.14. The number of anilines is 1. The third kappa shape index (κ3) is 3.54. The van der Waals surface area contributed by atoms with E-state index in [9.17, 15) is 14.7 Å². The van der Waals surface area contributed by atoms with Crippen LogP contribution in [0.15, 0.2) is 39.9 Å². The lowest BCUT2D eigenvalue weighted by Crippen LogP contribution is -2.47. The molecule has 3 N–H and O–H groups in total. The van der Waals surface area contributed by atoms with Crippen LogP contribution in [-0.4, -0.2) is 43.1 Å². The first kappa shape index (κ1) is 20.4. The molecule has 1 atom stereocenters. The van der Waals surface area contributed by atoms with Gasteiger partial charge in [-0.15, -0.1) is 0 Å². The Kier molecular flexibility index (Phi) is 5.74. The zero-order chi connectivity index (χ0) is 21.3. The van der Waals surface area contributed by atoms with Crippen molar-refractivity contribution in [3.8, 4) is 0 Å². The molecule has 0 bridgehead atoms. The molecule has 9 heteroatoms. The van der Waals surface area contributed by atoms with E-state index < -0.39 is 5.69 Å².